The molecule has 0 aromatic heterocycles. The van der Waals surface area contributed by atoms with E-state index in [-0.39, 0.29) is 5.91 Å². The van der Waals surface area contributed by atoms with E-state index in [1.54, 1.807) is 32.9 Å². The average Bonchev–Trinajstić information content (AvgIpc) is 2.72. The van der Waals surface area contributed by atoms with E-state index < -0.39 is 44.4 Å². The number of ether oxygens (including phenoxy) is 2. The second-order valence-corrected chi connectivity index (χ2v) is 9.39. The van der Waals surface area contributed by atoms with Crippen molar-refractivity contribution >= 4 is 39.0 Å². The number of fused-ring (bicyclic) bond motifs is 1. The van der Waals surface area contributed by atoms with Crippen LogP contribution >= 0.6 is 15.9 Å². The van der Waals surface area contributed by atoms with Gasteiger partial charge in [0.1, 0.15) is 5.75 Å². The molecule has 5 atom stereocenters. The van der Waals surface area contributed by atoms with Crippen molar-refractivity contribution < 1.29 is 23.6 Å². The van der Waals surface area contributed by atoms with Gasteiger partial charge in [0.05, 0.1) is 0 Å². The first kappa shape index (κ1) is 17.6. The first-order valence-electron chi connectivity index (χ1n) is 7.54. The number of rotatable bonds is 4. The van der Waals surface area contributed by atoms with Crippen LogP contribution in [0.1, 0.15) is 20.8 Å². The number of hydrogen-bond acceptors (Lipinski definition) is 5. The van der Waals surface area contributed by atoms with Crippen molar-refractivity contribution in [2.24, 2.45) is 0 Å². The van der Waals surface area contributed by atoms with Gasteiger partial charge in [-0.1, -0.05) is 34.1 Å². The third-order valence-corrected chi connectivity index (χ3v) is 7.68. The number of benzene rings is 1. The van der Waals surface area contributed by atoms with Crippen molar-refractivity contribution in [1.29, 1.82) is 0 Å². The molecule has 3 unspecified atom stereocenters. The Kier molecular flexibility index (Phi) is 4.57. The Morgan fingerprint density at radius 3 is 2.62 bits per heavy atom. The van der Waals surface area contributed by atoms with Gasteiger partial charge in [0, 0.05) is 6.92 Å². The number of carbonyl (C=O) groups is 2. The molecule has 0 N–H and O–H groups in total. The highest BCUT2D eigenvalue weighted by molar-refractivity contribution is 9.10. The third-order valence-electron chi connectivity index (χ3n) is 4.24. The second kappa shape index (κ2) is 6.24. The van der Waals surface area contributed by atoms with Gasteiger partial charge in [-0.2, -0.15) is 0 Å². The molecule has 2 aliphatic rings. The fourth-order valence-electron chi connectivity index (χ4n) is 3.03. The zero-order valence-electron chi connectivity index (χ0n) is 13.5. The molecule has 1 aromatic carbocycles. The predicted octanol–water partition coefficient (Wildman–Crippen LogP) is 1.80. The van der Waals surface area contributed by atoms with E-state index in [4.69, 9.17) is 9.47 Å². The summed E-state index contributed by atoms with van der Waals surface area (Å²) < 4.78 is 22.6. The average molecular weight is 416 g/mol. The minimum atomic E-state index is -1.36. The van der Waals surface area contributed by atoms with Crippen LogP contribution in [0.2, 0.25) is 0 Å². The summed E-state index contributed by atoms with van der Waals surface area (Å²) in [5, 5.41) is -0.490. The molecule has 0 bridgehead atoms. The molecule has 0 radical (unpaired) electrons. The molecule has 130 valence electrons. The number of nitrogens with zero attached hydrogens (tertiary/aromatic N) is 1. The quantitative estimate of drug-likeness (QED) is 0.246. The molecular formula is C16H18BrNO5S. The zero-order valence-corrected chi connectivity index (χ0v) is 15.9. The monoisotopic (exact) mass is 415 g/mol. The van der Waals surface area contributed by atoms with E-state index >= 15 is 0 Å². The fraction of sp³-hybridized carbons (Fsp3) is 0.500. The number of amides is 1. The van der Waals surface area contributed by atoms with E-state index in [1.807, 2.05) is 18.2 Å². The van der Waals surface area contributed by atoms with Crippen molar-refractivity contribution in [2.75, 3.05) is 0 Å². The summed E-state index contributed by atoms with van der Waals surface area (Å²) >= 11 is 1.88. The van der Waals surface area contributed by atoms with E-state index in [2.05, 4.69) is 15.9 Å². The second-order valence-electron chi connectivity index (χ2n) is 6.28. The Hall–Kier alpha value is -1.25. The van der Waals surface area contributed by atoms with Crippen molar-refractivity contribution in [3.05, 3.63) is 30.3 Å². The Morgan fingerprint density at radius 1 is 1.38 bits per heavy atom. The third kappa shape index (κ3) is 2.70. The summed E-state index contributed by atoms with van der Waals surface area (Å²) in [5.41, 5.74) is 0. The standard InChI is InChI=1S/C16H18BrNO5S/c1-9(22-10-7-5-4-6-8-10)23-15(20)12-16(2,3)24(21)14-11(17)13(19)18(12)14/h4-9,11-12,14H,1-3H3/t9?,11?,12-,14+,24?/m0/s1. The van der Waals surface area contributed by atoms with Gasteiger partial charge in [0.25, 0.3) is 0 Å². The molecule has 8 heteroatoms. The van der Waals surface area contributed by atoms with Gasteiger partial charge in [0.2, 0.25) is 17.6 Å². The minimum absolute atomic E-state index is 0.238. The summed E-state index contributed by atoms with van der Waals surface area (Å²) in [5.74, 6) is -0.268. The van der Waals surface area contributed by atoms with Crippen molar-refractivity contribution in [1.82, 2.24) is 4.90 Å². The summed E-state index contributed by atoms with van der Waals surface area (Å²) in [6.07, 6.45) is -0.820. The molecule has 2 heterocycles. The minimum Gasteiger partial charge on any atom is -0.614 e. The Bertz CT molecular complexity index is 655. The zero-order chi connectivity index (χ0) is 17.6. The van der Waals surface area contributed by atoms with Gasteiger partial charge < -0.3 is 14.0 Å². The fourth-order valence-corrected chi connectivity index (χ4v) is 5.93. The molecule has 1 amide bonds. The highest BCUT2D eigenvalue weighted by Gasteiger charge is 2.72. The summed E-state index contributed by atoms with van der Waals surface area (Å²) in [6.45, 7) is 5.03. The van der Waals surface area contributed by atoms with Crippen LogP contribution in [0.25, 0.3) is 0 Å². The lowest BCUT2D eigenvalue weighted by Crippen LogP contribution is -2.64. The van der Waals surface area contributed by atoms with Crippen LogP contribution in [0.15, 0.2) is 30.3 Å². The molecule has 2 fully saturated rings. The molecule has 1 aromatic rings. The largest absolute Gasteiger partial charge is 0.614 e. The van der Waals surface area contributed by atoms with Crippen LogP contribution in [0.4, 0.5) is 0 Å². The lowest BCUT2D eigenvalue weighted by atomic mass is 9.98. The molecule has 0 saturated carbocycles. The summed E-state index contributed by atoms with van der Waals surface area (Å²) in [6, 6.07) is 8.10. The van der Waals surface area contributed by atoms with Gasteiger partial charge in [-0.05, 0) is 37.2 Å². The lowest BCUT2D eigenvalue weighted by molar-refractivity contribution is -0.173. The molecule has 2 aliphatic heterocycles. The first-order chi connectivity index (χ1) is 11.2. The molecule has 6 nitrogen and oxygen atoms in total. The van der Waals surface area contributed by atoms with Crippen LogP contribution in [0.3, 0.4) is 0 Å². The van der Waals surface area contributed by atoms with Gasteiger partial charge in [-0.15, -0.1) is 0 Å². The highest BCUT2D eigenvalue weighted by atomic mass is 79.9. The SMILES string of the molecule is CC(OC(=O)[C@@H]1N2C(=O)C(Br)[C@H]2[S+]([O-])C1(C)C)Oc1ccccc1. The van der Waals surface area contributed by atoms with E-state index in [0.717, 1.165) is 0 Å². The number of para-hydroxylation sites is 1. The topological polar surface area (TPSA) is 78.9 Å². The molecular weight excluding hydrogens is 398 g/mol. The molecule has 0 spiro atoms. The molecule has 3 rings (SSSR count). The molecule has 24 heavy (non-hydrogen) atoms. The Labute approximate surface area is 151 Å². The molecule has 2 saturated heterocycles. The number of β-lactam (4-membered cyclic amide) rings is 1. The summed E-state index contributed by atoms with van der Waals surface area (Å²) in [7, 11) is 0. The van der Waals surface area contributed by atoms with Crippen molar-refractivity contribution in [3.8, 4) is 5.75 Å². The van der Waals surface area contributed by atoms with E-state index in [0.29, 0.717) is 5.75 Å². The maximum atomic E-state index is 12.6. The normalized spacial score (nSPS) is 31.9. The number of carbonyl (C=O) groups excluding carboxylic acids is 2. The summed E-state index contributed by atoms with van der Waals surface area (Å²) in [4.78, 5) is 25.5. The van der Waals surface area contributed by atoms with Crippen molar-refractivity contribution in [2.45, 2.75) is 48.1 Å². The van der Waals surface area contributed by atoms with Crippen LogP contribution in [0, 0.1) is 0 Å². The predicted molar refractivity (Wildman–Crippen MR) is 92.0 cm³/mol. The maximum absolute atomic E-state index is 12.6. The van der Waals surface area contributed by atoms with Crippen LogP contribution in [0.5, 0.6) is 5.75 Å². The van der Waals surface area contributed by atoms with Gasteiger partial charge in [-0.25, -0.2) is 4.79 Å². The van der Waals surface area contributed by atoms with E-state index in [1.165, 1.54) is 4.90 Å². The van der Waals surface area contributed by atoms with Gasteiger partial charge >= 0.3 is 5.97 Å². The number of halogens is 1. The Balaban J connectivity index is 1.71. The smallest absolute Gasteiger partial charge is 0.337 e. The van der Waals surface area contributed by atoms with E-state index in [9.17, 15) is 14.1 Å². The van der Waals surface area contributed by atoms with Gasteiger partial charge in [0.15, 0.2) is 15.6 Å². The lowest BCUT2D eigenvalue weighted by Gasteiger charge is -2.38. The first-order valence-corrected chi connectivity index (χ1v) is 9.67. The number of alkyl halides is 1. The Morgan fingerprint density at radius 2 is 2.00 bits per heavy atom. The maximum Gasteiger partial charge on any atom is 0.337 e. The number of hydrogen-bond donors (Lipinski definition) is 0. The van der Waals surface area contributed by atoms with Crippen LogP contribution < -0.4 is 4.74 Å². The number of esters is 1. The van der Waals surface area contributed by atoms with Crippen LogP contribution in [-0.4, -0.2) is 48.6 Å². The van der Waals surface area contributed by atoms with Gasteiger partial charge in [-0.3, -0.25) is 9.69 Å². The molecule has 0 aliphatic carbocycles. The van der Waals surface area contributed by atoms with Crippen molar-refractivity contribution in [3.63, 3.8) is 0 Å². The highest BCUT2D eigenvalue weighted by Crippen LogP contribution is 2.48. The van der Waals surface area contributed by atoms with Crippen LogP contribution in [-0.2, 0) is 25.5 Å².